The van der Waals surface area contributed by atoms with Gasteiger partial charge in [-0.2, -0.15) is 0 Å². The van der Waals surface area contributed by atoms with Crippen molar-refractivity contribution in [2.24, 2.45) is 0 Å². The number of nitrogens with zero attached hydrogens (tertiary/aromatic N) is 3. The molecule has 0 unspecified atom stereocenters. The van der Waals surface area contributed by atoms with Crippen molar-refractivity contribution in [3.05, 3.63) is 56.8 Å². The Labute approximate surface area is 175 Å². The predicted octanol–water partition coefficient (Wildman–Crippen LogP) is 2.40. The van der Waals surface area contributed by atoms with E-state index in [1.54, 1.807) is 58.8 Å². The highest BCUT2D eigenvalue weighted by atomic mass is 32.1. The maximum atomic E-state index is 13.2. The number of benzene rings is 2. The van der Waals surface area contributed by atoms with Crippen LogP contribution >= 0.6 is 11.3 Å². The Bertz CT molecular complexity index is 1330. The number of aromatic nitrogens is 3. The van der Waals surface area contributed by atoms with Crippen molar-refractivity contribution in [1.82, 2.24) is 14.6 Å². The van der Waals surface area contributed by atoms with Crippen molar-refractivity contribution in [3.63, 3.8) is 0 Å². The van der Waals surface area contributed by atoms with Gasteiger partial charge in [-0.05, 0) is 42.5 Å². The molecular weight excluding hydrogens is 406 g/mol. The Balaban J connectivity index is 1.88. The highest BCUT2D eigenvalue weighted by Gasteiger charge is 2.16. The van der Waals surface area contributed by atoms with Crippen molar-refractivity contribution in [2.75, 3.05) is 28.4 Å². The van der Waals surface area contributed by atoms with E-state index in [-0.39, 0.29) is 5.56 Å². The average molecular weight is 425 g/mol. The standard InChI is InChI=1S/C21H19N3O5S/c1-26-14-6-8-15(27-2)13(9-14)11-18-20(25)24-19(22-23-21(24)30-18)12-5-7-16(28-3)17(10-12)29-4/h5-11H,1-4H3. The molecule has 2 aromatic carbocycles. The van der Waals surface area contributed by atoms with Crippen LogP contribution in [0.4, 0.5) is 0 Å². The quantitative estimate of drug-likeness (QED) is 0.469. The molecule has 0 radical (unpaired) electrons. The summed E-state index contributed by atoms with van der Waals surface area (Å²) < 4.78 is 23.3. The summed E-state index contributed by atoms with van der Waals surface area (Å²) in [6.07, 6.45) is 1.77. The first-order valence-electron chi connectivity index (χ1n) is 8.93. The number of fused-ring (bicyclic) bond motifs is 1. The van der Waals surface area contributed by atoms with Gasteiger partial charge in [0.2, 0.25) is 4.96 Å². The van der Waals surface area contributed by atoms with Gasteiger partial charge in [0.15, 0.2) is 17.3 Å². The monoisotopic (exact) mass is 425 g/mol. The van der Waals surface area contributed by atoms with Crippen LogP contribution in [0, 0.1) is 0 Å². The SMILES string of the molecule is COc1ccc(OC)c(C=c2sc3nnc(-c4ccc(OC)c(OC)c4)n3c2=O)c1. The molecular formula is C21H19N3O5S. The van der Waals surface area contributed by atoms with Gasteiger partial charge < -0.3 is 18.9 Å². The molecule has 0 atom stereocenters. The fourth-order valence-electron chi connectivity index (χ4n) is 3.12. The van der Waals surface area contributed by atoms with E-state index >= 15 is 0 Å². The first-order valence-corrected chi connectivity index (χ1v) is 9.75. The Hall–Kier alpha value is -3.59. The lowest BCUT2D eigenvalue weighted by Gasteiger charge is -2.08. The first-order chi connectivity index (χ1) is 14.6. The van der Waals surface area contributed by atoms with Crippen LogP contribution in [0.5, 0.6) is 23.0 Å². The van der Waals surface area contributed by atoms with Crippen molar-refractivity contribution < 1.29 is 18.9 Å². The van der Waals surface area contributed by atoms with Gasteiger partial charge in [0.1, 0.15) is 11.5 Å². The van der Waals surface area contributed by atoms with Gasteiger partial charge >= 0.3 is 0 Å². The Morgan fingerprint density at radius 3 is 2.30 bits per heavy atom. The van der Waals surface area contributed by atoms with Crippen LogP contribution in [0.15, 0.2) is 41.2 Å². The van der Waals surface area contributed by atoms with E-state index in [1.165, 1.54) is 15.7 Å². The molecule has 0 saturated heterocycles. The summed E-state index contributed by atoms with van der Waals surface area (Å²) in [6.45, 7) is 0. The van der Waals surface area contributed by atoms with Crippen molar-refractivity contribution >= 4 is 22.4 Å². The molecule has 0 N–H and O–H groups in total. The lowest BCUT2D eigenvalue weighted by molar-refractivity contribution is 0.355. The van der Waals surface area contributed by atoms with Crippen molar-refractivity contribution in [1.29, 1.82) is 0 Å². The van der Waals surface area contributed by atoms with E-state index in [2.05, 4.69) is 10.2 Å². The largest absolute Gasteiger partial charge is 0.497 e. The van der Waals surface area contributed by atoms with E-state index in [1.807, 2.05) is 12.1 Å². The summed E-state index contributed by atoms with van der Waals surface area (Å²) in [5, 5.41) is 8.37. The fourth-order valence-corrected chi connectivity index (χ4v) is 4.02. The van der Waals surface area contributed by atoms with Crippen LogP contribution in [-0.4, -0.2) is 43.0 Å². The molecule has 0 aliphatic carbocycles. The van der Waals surface area contributed by atoms with Gasteiger partial charge in [-0.3, -0.25) is 4.79 Å². The maximum absolute atomic E-state index is 13.2. The maximum Gasteiger partial charge on any atom is 0.276 e. The van der Waals surface area contributed by atoms with Gasteiger partial charge in [0.05, 0.1) is 33.0 Å². The third-order valence-electron chi connectivity index (χ3n) is 4.61. The minimum absolute atomic E-state index is 0.213. The molecule has 30 heavy (non-hydrogen) atoms. The highest BCUT2D eigenvalue weighted by Crippen LogP contribution is 2.31. The molecule has 4 rings (SSSR count). The summed E-state index contributed by atoms with van der Waals surface area (Å²) >= 11 is 1.25. The third-order valence-corrected chi connectivity index (χ3v) is 5.57. The zero-order valence-electron chi connectivity index (χ0n) is 16.8. The van der Waals surface area contributed by atoms with Crippen molar-refractivity contribution in [3.8, 4) is 34.4 Å². The Morgan fingerprint density at radius 1 is 0.867 bits per heavy atom. The Morgan fingerprint density at radius 2 is 1.60 bits per heavy atom. The van der Waals surface area contributed by atoms with Gasteiger partial charge in [-0.25, -0.2) is 4.40 Å². The molecule has 2 aromatic heterocycles. The number of rotatable bonds is 6. The summed E-state index contributed by atoms with van der Waals surface area (Å²) in [7, 11) is 6.29. The molecule has 4 aromatic rings. The normalized spacial score (nSPS) is 11.7. The summed E-state index contributed by atoms with van der Waals surface area (Å²) in [4.78, 5) is 13.7. The predicted molar refractivity (Wildman–Crippen MR) is 114 cm³/mol. The highest BCUT2D eigenvalue weighted by molar-refractivity contribution is 7.15. The van der Waals surface area contributed by atoms with Gasteiger partial charge in [-0.1, -0.05) is 11.3 Å². The fraction of sp³-hybridized carbons (Fsp3) is 0.190. The smallest absolute Gasteiger partial charge is 0.276 e. The second-order valence-corrected chi connectivity index (χ2v) is 7.24. The van der Waals surface area contributed by atoms with Crippen molar-refractivity contribution in [2.45, 2.75) is 0 Å². The molecule has 0 aliphatic heterocycles. The van der Waals surface area contributed by atoms with Gasteiger partial charge in [0.25, 0.3) is 5.56 Å². The van der Waals surface area contributed by atoms with Crippen LogP contribution in [0.25, 0.3) is 22.4 Å². The van der Waals surface area contributed by atoms with Crippen LogP contribution < -0.4 is 29.0 Å². The van der Waals surface area contributed by atoms with E-state index in [9.17, 15) is 4.79 Å². The average Bonchev–Trinajstić information content (AvgIpc) is 3.33. The van der Waals surface area contributed by atoms with Gasteiger partial charge in [0, 0.05) is 11.1 Å². The zero-order valence-corrected chi connectivity index (χ0v) is 17.6. The van der Waals surface area contributed by atoms with E-state index in [0.717, 1.165) is 5.56 Å². The lowest BCUT2D eigenvalue weighted by Crippen LogP contribution is -2.23. The molecule has 2 heterocycles. The molecule has 0 fully saturated rings. The number of hydrogen-bond acceptors (Lipinski definition) is 8. The minimum atomic E-state index is -0.213. The molecule has 0 bridgehead atoms. The van der Waals surface area contributed by atoms with E-state index < -0.39 is 0 Å². The van der Waals surface area contributed by atoms with E-state index in [4.69, 9.17) is 18.9 Å². The molecule has 8 nitrogen and oxygen atoms in total. The molecule has 0 amide bonds. The summed E-state index contributed by atoms with van der Waals surface area (Å²) in [6, 6.07) is 10.7. The Kier molecular flexibility index (Phi) is 5.28. The number of ether oxygens (including phenoxy) is 4. The topological polar surface area (TPSA) is 84.2 Å². The van der Waals surface area contributed by atoms with E-state index in [0.29, 0.717) is 43.9 Å². The third kappa shape index (κ3) is 3.33. The summed E-state index contributed by atoms with van der Waals surface area (Å²) in [5.74, 6) is 2.88. The molecule has 0 spiro atoms. The van der Waals surface area contributed by atoms with Crippen LogP contribution in [0.3, 0.4) is 0 Å². The second kappa shape index (κ2) is 8.03. The minimum Gasteiger partial charge on any atom is -0.497 e. The molecule has 0 saturated carbocycles. The van der Waals surface area contributed by atoms with Gasteiger partial charge in [-0.15, -0.1) is 10.2 Å². The molecule has 0 aliphatic rings. The number of methoxy groups -OCH3 is 4. The molecule has 154 valence electrons. The van der Waals surface area contributed by atoms with Crippen LogP contribution in [0.2, 0.25) is 0 Å². The number of thiazole rings is 1. The van der Waals surface area contributed by atoms with Crippen LogP contribution in [-0.2, 0) is 0 Å². The number of hydrogen-bond donors (Lipinski definition) is 0. The second-order valence-electron chi connectivity index (χ2n) is 6.24. The summed E-state index contributed by atoms with van der Waals surface area (Å²) in [5.41, 5.74) is 1.22. The molecule has 9 heteroatoms. The van der Waals surface area contributed by atoms with Crippen LogP contribution in [0.1, 0.15) is 5.56 Å². The zero-order chi connectivity index (χ0) is 21.3. The first kappa shape index (κ1) is 19.7. The lowest BCUT2D eigenvalue weighted by atomic mass is 10.2.